The van der Waals surface area contributed by atoms with Gasteiger partial charge in [0.25, 0.3) is 5.89 Å². The summed E-state index contributed by atoms with van der Waals surface area (Å²) in [5.41, 5.74) is 0.905. The average molecular weight is 288 g/mol. The normalized spacial score (nSPS) is 19.6. The van der Waals surface area contributed by atoms with Crippen LogP contribution in [0.25, 0.3) is 11.5 Å². The van der Waals surface area contributed by atoms with Crippen molar-refractivity contribution >= 4 is 0 Å². The van der Waals surface area contributed by atoms with Crippen LogP contribution in [-0.4, -0.2) is 47.8 Å². The summed E-state index contributed by atoms with van der Waals surface area (Å²) >= 11 is 0. The lowest BCUT2D eigenvalue weighted by molar-refractivity contribution is 0.160. The van der Waals surface area contributed by atoms with Crippen LogP contribution >= 0.6 is 0 Å². The van der Waals surface area contributed by atoms with E-state index in [0.717, 1.165) is 43.3 Å². The van der Waals surface area contributed by atoms with Gasteiger partial charge in [0, 0.05) is 31.2 Å². The Morgan fingerprint density at radius 3 is 2.90 bits per heavy atom. The van der Waals surface area contributed by atoms with Gasteiger partial charge in [0.15, 0.2) is 5.82 Å². The van der Waals surface area contributed by atoms with E-state index in [1.54, 1.807) is 7.11 Å². The fourth-order valence-corrected chi connectivity index (χ4v) is 2.47. The van der Waals surface area contributed by atoms with Gasteiger partial charge in [0.05, 0.1) is 13.7 Å². The first-order valence-electron chi connectivity index (χ1n) is 7.18. The van der Waals surface area contributed by atoms with E-state index < -0.39 is 0 Å². The number of hydrogen-bond donors (Lipinski definition) is 1. The van der Waals surface area contributed by atoms with E-state index in [2.05, 4.69) is 27.3 Å². The van der Waals surface area contributed by atoms with Crippen molar-refractivity contribution in [3.8, 4) is 17.2 Å². The zero-order chi connectivity index (χ0) is 14.7. The molecule has 3 rings (SSSR count). The van der Waals surface area contributed by atoms with E-state index in [1.165, 1.54) is 0 Å². The molecule has 1 aliphatic heterocycles. The molecular weight excluding hydrogens is 268 g/mol. The van der Waals surface area contributed by atoms with Crippen molar-refractivity contribution in [2.24, 2.45) is 0 Å². The van der Waals surface area contributed by atoms with Gasteiger partial charge in [-0.05, 0) is 31.2 Å². The van der Waals surface area contributed by atoms with Crippen LogP contribution in [0.15, 0.2) is 28.8 Å². The molecule has 0 aliphatic carbocycles. The molecule has 1 N–H and O–H groups in total. The molecule has 2 aromatic rings. The minimum absolute atomic E-state index is 0.488. The summed E-state index contributed by atoms with van der Waals surface area (Å²) in [5, 5.41) is 7.46. The van der Waals surface area contributed by atoms with Crippen molar-refractivity contribution in [3.63, 3.8) is 0 Å². The quantitative estimate of drug-likeness (QED) is 0.920. The van der Waals surface area contributed by atoms with Gasteiger partial charge < -0.3 is 14.6 Å². The molecule has 0 radical (unpaired) electrons. The van der Waals surface area contributed by atoms with E-state index in [0.29, 0.717) is 11.9 Å². The van der Waals surface area contributed by atoms with Crippen molar-refractivity contribution < 1.29 is 9.26 Å². The summed E-state index contributed by atoms with van der Waals surface area (Å²) in [6.07, 6.45) is 0. The van der Waals surface area contributed by atoms with Gasteiger partial charge in [0.1, 0.15) is 5.75 Å². The number of aromatic nitrogens is 2. The van der Waals surface area contributed by atoms with Crippen LogP contribution in [0.2, 0.25) is 0 Å². The largest absolute Gasteiger partial charge is 0.497 e. The van der Waals surface area contributed by atoms with Crippen LogP contribution in [0.5, 0.6) is 5.75 Å². The molecule has 0 unspecified atom stereocenters. The molecular formula is C15H20N4O2. The van der Waals surface area contributed by atoms with E-state index in [9.17, 15) is 0 Å². The lowest BCUT2D eigenvalue weighted by atomic mass is 10.2. The van der Waals surface area contributed by atoms with Gasteiger partial charge in [-0.1, -0.05) is 5.16 Å². The minimum Gasteiger partial charge on any atom is -0.497 e. The number of hydrogen-bond acceptors (Lipinski definition) is 6. The first-order chi connectivity index (χ1) is 10.3. The number of ether oxygens (including phenoxy) is 1. The summed E-state index contributed by atoms with van der Waals surface area (Å²) in [5.74, 6) is 2.10. The third kappa shape index (κ3) is 3.22. The second-order valence-corrected chi connectivity index (χ2v) is 5.27. The maximum atomic E-state index is 5.36. The lowest BCUT2D eigenvalue weighted by Gasteiger charge is -2.32. The molecule has 1 saturated heterocycles. The molecule has 1 aromatic carbocycles. The Hall–Kier alpha value is -1.92. The third-order valence-electron chi connectivity index (χ3n) is 3.79. The number of rotatable bonds is 4. The number of piperazine rings is 1. The minimum atomic E-state index is 0.488. The SMILES string of the molecule is COc1ccc(-c2nc(CN3CCNC[C@H]3C)no2)cc1. The Kier molecular flexibility index (Phi) is 4.17. The lowest BCUT2D eigenvalue weighted by Crippen LogP contribution is -2.49. The van der Waals surface area contributed by atoms with Crippen molar-refractivity contribution in [1.29, 1.82) is 0 Å². The number of nitrogens with zero attached hydrogens (tertiary/aromatic N) is 3. The van der Waals surface area contributed by atoms with Crippen LogP contribution in [0.3, 0.4) is 0 Å². The Morgan fingerprint density at radius 1 is 1.38 bits per heavy atom. The molecule has 1 atom stereocenters. The van der Waals surface area contributed by atoms with Crippen molar-refractivity contribution in [3.05, 3.63) is 30.1 Å². The third-order valence-corrected chi connectivity index (χ3v) is 3.79. The van der Waals surface area contributed by atoms with E-state index in [1.807, 2.05) is 24.3 Å². The van der Waals surface area contributed by atoms with Crippen molar-refractivity contribution in [1.82, 2.24) is 20.4 Å². The average Bonchev–Trinajstić information content (AvgIpc) is 2.98. The highest BCUT2D eigenvalue weighted by Gasteiger charge is 2.20. The van der Waals surface area contributed by atoms with Gasteiger partial charge in [-0.3, -0.25) is 4.90 Å². The molecule has 6 nitrogen and oxygen atoms in total. The van der Waals surface area contributed by atoms with Gasteiger partial charge >= 0.3 is 0 Å². The first-order valence-corrected chi connectivity index (χ1v) is 7.18. The molecule has 2 heterocycles. The Labute approximate surface area is 124 Å². The van der Waals surface area contributed by atoms with Gasteiger partial charge in [-0.15, -0.1) is 0 Å². The van der Waals surface area contributed by atoms with E-state index >= 15 is 0 Å². The van der Waals surface area contributed by atoms with Crippen LogP contribution < -0.4 is 10.1 Å². The molecule has 1 aromatic heterocycles. The molecule has 21 heavy (non-hydrogen) atoms. The van der Waals surface area contributed by atoms with Gasteiger partial charge in [-0.25, -0.2) is 0 Å². The fraction of sp³-hybridized carbons (Fsp3) is 0.467. The van der Waals surface area contributed by atoms with Crippen molar-refractivity contribution in [2.45, 2.75) is 19.5 Å². The van der Waals surface area contributed by atoms with Crippen LogP contribution in [0.1, 0.15) is 12.7 Å². The summed E-state index contributed by atoms with van der Waals surface area (Å²) in [7, 11) is 1.65. The number of methoxy groups -OCH3 is 1. The molecule has 0 saturated carbocycles. The molecule has 0 spiro atoms. The van der Waals surface area contributed by atoms with Crippen molar-refractivity contribution in [2.75, 3.05) is 26.7 Å². The molecule has 112 valence electrons. The second kappa shape index (κ2) is 6.24. The monoisotopic (exact) mass is 288 g/mol. The standard InChI is InChI=1S/C15H20N4O2/c1-11-9-16-7-8-19(11)10-14-17-15(21-18-14)12-3-5-13(20-2)6-4-12/h3-6,11,16H,7-10H2,1-2H3/t11-/m1/s1. The highest BCUT2D eigenvalue weighted by molar-refractivity contribution is 5.54. The van der Waals surface area contributed by atoms with E-state index in [-0.39, 0.29) is 0 Å². The predicted molar refractivity (Wildman–Crippen MR) is 79.0 cm³/mol. The molecule has 1 fully saturated rings. The van der Waals surface area contributed by atoms with Gasteiger partial charge in [0.2, 0.25) is 0 Å². The Bertz CT molecular complexity index is 582. The fourth-order valence-electron chi connectivity index (χ4n) is 2.47. The topological polar surface area (TPSA) is 63.4 Å². The van der Waals surface area contributed by atoms with Crippen LogP contribution in [-0.2, 0) is 6.54 Å². The Balaban J connectivity index is 1.70. The smallest absolute Gasteiger partial charge is 0.257 e. The summed E-state index contributed by atoms with van der Waals surface area (Å²) < 4.78 is 10.5. The highest BCUT2D eigenvalue weighted by atomic mass is 16.5. The zero-order valence-electron chi connectivity index (χ0n) is 12.4. The Morgan fingerprint density at radius 2 is 2.19 bits per heavy atom. The zero-order valence-corrected chi connectivity index (χ0v) is 12.4. The highest BCUT2D eigenvalue weighted by Crippen LogP contribution is 2.21. The maximum Gasteiger partial charge on any atom is 0.257 e. The molecule has 0 amide bonds. The molecule has 6 heteroatoms. The molecule has 0 bridgehead atoms. The van der Waals surface area contributed by atoms with Gasteiger partial charge in [-0.2, -0.15) is 4.98 Å². The summed E-state index contributed by atoms with van der Waals surface area (Å²) in [4.78, 5) is 6.84. The summed E-state index contributed by atoms with van der Waals surface area (Å²) in [6, 6.07) is 8.10. The van der Waals surface area contributed by atoms with E-state index in [4.69, 9.17) is 9.26 Å². The molecule has 1 aliphatic rings. The maximum absolute atomic E-state index is 5.36. The van der Waals surface area contributed by atoms with Crippen LogP contribution in [0, 0.1) is 0 Å². The first kappa shape index (κ1) is 14.0. The van der Waals surface area contributed by atoms with Crippen LogP contribution in [0.4, 0.5) is 0 Å². The second-order valence-electron chi connectivity index (χ2n) is 5.27. The number of nitrogens with one attached hydrogen (secondary N) is 1. The summed E-state index contributed by atoms with van der Waals surface area (Å²) in [6.45, 7) is 5.95. The number of benzene rings is 1. The predicted octanol–water partition coefficient (Wildman–Crippen LogP) is 1.54.